The van der Waals surface area contributed by atoms with E-state index in [1.807, 2.05) is 12.1 Å². The molecule has 1 fully saturated rings. The number of carboxylic acids is 1. The highest BCUT2D eigenvalue weighted by atomic mass is 16.4. The van der Waals surface area contributed by atoms with E-state index in [1.54, 1.807) is 0 Å². The zero-order valence-corrected chi connectivity index (χ0v) is 12.7. The molecular formula is C19H22O2. The van der Waals surface area contributed by atoms with E-state index in [1.165, 1.54) is 16.3 Å². The molecule has 1 N–H and O–H groups in total. The molecule has 2 heteroatoms. The fourth-order valence-electron chi connectivity index (χ4n) is 3.78. The fraction of sp³-hybridized carbons (Fsp3) is 0.421. The van der Waals surface area contributed by atoms with Crippen molar-refractivity contribution in [3.8, 4) is 0 Å². The Bertz CT molecular complexity index is 667. The van der Waals surface area contributed by atoms with Crippen LogP contribution in [-0.4, -0.2) is 11.1 Å². The Morgan fingerprint density at radius 1 is 1.14 bits per heavy atom. The van der Waals surface area contributed by atoms with Crippen LogP contribution in [-0.2, 0) is 4.79 Å². The fourth-order valence-corrected chi connectivity index (χ4v) is 3.78. The number of carboxylic acid groups (broad SMARTS) is 1. The molecule has 0 amide bonds. The smallest absolute Gasteiger partial charge is 0.307 e. The molecule has 2 aromatic rings. The lowest BCUT2D eigenvalue weighted by molar-refractivity contribution is -0.144. The maximum absolute atomic E-state index is 11.7. The van der Waals surface area contributed by atoms with Gasteiger partial charge < -0.3 is 5.11 Å². The number of carbonyl (C=O) groups is 1. The van der Waals surface area contributed by atoms with Gasteiger partial charge in [0, 0.05) is 0 Å². The molecule has 2 unspecified atom stereocenters. The minimum atomic E-state index is -0.650. The summed E-state index contributed by atoms with van der Waals surface area (Å²) in [5.74, 6) is -0.801. The van der Waals surface area contributed by atoms with Crippen molar-refractivity contribution in [1.82, 2.24) is 0 Å². The van der Waals surface area contributed by atoms with Crippen LogP contribution in [0.1, 0.15) is 44.6 Å². The molecule has 2 atom stereocenters. The highest BCUT2D eigenvalue weighted by Gasteiger charge is 2.39. The third-order valence-corrected chi connectivity index (χ3v) is 4.93. The van der Waals surface area contributed by atoms with Crippen LogP contribution in [0.4, 0.5) is 0 Å². The van der Waals surface area contributed by atoms with Crippen molar-refractivity contribution in [2.45, 2.75) is 39.0 Å². The minimum Gasteiger partial charge on any atom is -0.481 e. The van der Waals surface area contributed by atoms with Crippen molar-refractivity contribution < 1.29 is 9.90 Å². The highest BCUT2D eigenvalue weighted by Crippen LogP contribution is 2.48. The summed E-state index contributed by atoms with van der Waals surface area (Å²) in [4.78, 5) is 11.7. The van der Waals surface area contributed by atoms with E-state index in [9.17, 15) is 9.90 Å². The third kappa shape index (κ3) is 2.67. The molecule has 1 aliphatic rings. The van der Waals surface area contributed by atoms with Gasteiger partial charge in [0.15, 0.2) is 0 Å². The second-order valence-electron chi connectivity index (χ2n) is 7.03. The topological polar surface area (TPSA) is 37.3 Å². The van der Waals surface area contributed by atoms with Gasteiger partial charge in [0.05, 0.1) is 5.92 Å². The summed E-state index contributed by atoms with van der Waals surface area (Å²) in [6.07, 6.45) is 2.71. The molecule has 0 aliphatic heterocycles. The van der Waals surface area contributed by atoms with Gasteiger partial charge in [-0.2, -0.15) is 0 Å². The Hall–Kier alpha value is -1.83. The van der Waals surface area contributed by atoms with Gasteiger partial charge in [-0.1, -0.05) is 56.3 Å². The third-order valence-electron chi connectivity index (χ3n) is 4.93. The van der Waals surface area contributed by atoms with Crippen molar-refractivity contribution in [1.29, 1.82) is 0 Å². The molecule has 110 valence electrons. The lowest BCUT2D eigenvalue weighted by Crippen LogP contribution is -2.33. The van der Waals surface area contributed by atoms with Gasteiger partial charge in [-0.3, -0.25) is 4.79 Å². The monoisotopic (exact) mass is 282 g/mol. The zero-order valence-electron chi connectivity index (χ0n) is 12.7. The maximum Gasteiger partial charge on any atom is 0.307 e. The molecule has 3 rings (SSSR count). The molecule has 21 heavy (non-hydrogen) atoms. The molecule has 0 saturated heterocycles. The lowest BCUT2D eigenvalue weighted by atomic mass is 9.64. The van der Waals surface area contributed by atoms with Crippen LogP contribution in [0.3, 0.4) is 0 Å². The second kappa shape index (κ2) is 5.18. The summed E-state index contributed by atoms with van der Waals surface area (Å²) < 4.78 is 0. The molecule has 0 spiro atoms. The maximum atomic E-state index is 11.7. The lowest BCUT2D eigenvalue weighted by Gasteiger charge is -2.39. The van der Waals surface area contributed by atoms with Gasteiger partial charge in [0.2, 0.25) is 0 Å². The molecule has 0 aromatic heterocycles. The van der Waals surface area contributed by atoms with E-state index >= 15 is 0 Å². The number of hydrogen-bond donors (Lipinski definition) is 1. The van der Waals surface area contributed by atoms with Crippen molar-refractivity contribution in [3.05, 3.63) is 48.0 Å². The Morgan fingerprint density at radius 2 is 1.86 bits per heavy atom. The number of hydrogen-bond acceptors (Lipinski definition) is 1. The molecule has 1 saturated carbocycles. The van der Waals surface area contributed by atoms with Gasteiger partial charge >= 0.3 is 5.97 Å². The van der Waals surface area contributed by atoms with Crippen LogP contribution in [0.15, 0.2) is 42.5 Å². The van der Waals surface area contributed by atoms with E-state index < -0.39 is 5.97 Å². The normalized spacial score (nSPS) is 24.9. The van der Waals surface area contributed by atoms with Crippen LogP contribution < -0.4 is 0 Å². The first kappa shape index (κ1) is 14.1. The van der Waals surface area contributed by atoms with Crippen molar-refractivity contribution >= 4 is 16.7 Å². The van der Waals surface area contributed by atoms with E-state index in [2.05, 4.69) is 44.2 Å². The summed E-state index contributed by atoms with van der Waals surface area (Å²) in [7, 11) is 0. The summed E-state index contributed by atoms with van der Waals surface area (Å²) in [5, 5.41) is 12.0. The van der Waals surface area contributed by atoms with Crippen molar-refractivity contribution in [2.75, 3.05) is 0 Å². The van der Waals surface area contributed by atoms with Crippen LogP contribution >= 0.6 is 0 Å². The first-order valence-electron chi connectivity index (χ1n) is 7.68. The second-order valence-corrected chi connectivity index (χ2v) is 7.03. The van der Waals surface area contributed by atoms with Crippen molar-refractivity contribution in [3.63, 3.8) is 0 Å². The van der Waals surface area contributed by atoms with E-state index in [-0.39, 0.29) is 17.3 Å². The Balaban J connectivity index is 2.11. The minimum absolute atomic E-state index is 0.109. The molecule has 0 radical (unpaired) electrons. The van der Waals surface area contributed by atoms with E-state index in [0.717, 1.165) is 19.3 Å². The largest absolute Gasteiger partial charge is 0.481 e. The molecule has 2 nitrogen and oxygen atoms in total. The zero-order chi connectivity index (χ0) is 15.0. The Kier molecular flexibility index (Phi) is 3.48. The average Bonchev–Trinajstić information content (AvgIpc) is 2.45. The van der Waals surface area contributed by atoms with Crippen LogP contribution in [0.5, 0.6) is 0 Å². The predicted octanol–water partition coefficient (Wildman–Crippen LogP) is 4.83. The van der Waals surface area contributed by atoms with Crippen molar-refractivity contribution in [2.24, 2.45) is 11.3 Å². The average molecular weight is 282 g/mol. The number of rotatable bonds is 2. The van der Waals surface area contributed by atoms with Gasteiger partial charge in [-0.05, 0) is 46.9 Å². The summed E-state index contributed by atoms with van der Waals surface area (Å²) in [6.45, 7) is 4.51. The first-order chi connectivity index (χ1) is 9.98. The molecule has 1 aliphatic carbocycles. The molecule has 0 heterocycles. The molecular weight excluding hydrogens is 260 g/mol. The summed E-state index contributed by atoms with van der Waals surface area (Å²) >= 11 is 0. The highest BCUT2D eigenvalue weighted by molar-refractivity contribution is 5.87. The van der Waals surface area contributed by atoms with Crippen LogP contribution in [0.2, 0.25) is 0 Å². The van der Waals surface area contributed by atoms with E-state index in [4.69, 9.17) is 0 Å². The summed E-state index contributed by atoms with van der Waals surface area (Å²) in [6, 6.07) is 14.6. The van der Waals surface area contributed by atoms with Gasteiger partial charge in [-0.15, -0.1) is 0 Å². The van der Waals surface area contributed by atoms with Gasteiger partial charge in [0.1, 0.15) is 0 Å². The van der Waals surface area contributed by atoms with Gasteiger partial charge in [-0.25, -0.2) is 0 Å². The van der Waals surface area contributed by atoms with Crippen LogP contribution in [0, 0.1) is 11.3 Å². The Labute approximate surface area is 125 Å². The standard InChI is InChI=1S/C19H22O2/c1-19(2)11-10-16(18(20)21)17(12-19)15-9-5-7-13-6-3-4-8-14(13)15/h3-9,16-17H,10-12H2,1-2H3,(H,20,21). The number of aliphatic carboxylic acids is 1. The first-order valence-corrected chi connectivity index (χ1v) is 7.68. The Morgan fingerprint density at radius 3 is 2.62 bits per heavy atom. The summed E-state index contributed by atoms with van der Waals surface area (Å²) in [5.41, 5.74) is 1.42. The molecule has 0 bridgehead atoms. The SMILES string of the molecule is CC1(C)CCC(C(=O)O)C(c2cccc3ccccc23)C1. The number of benzene rings is 2. The van der Waals surface area contributed by atoms with Crippen LogP contribution in [0.25, 0.3) is 10.8 Å². The quantitative estimate of drug-likeness (QED) is 0.856. The van der Waals surface area contributed by atoms with Gasteiger partial charge in [0.25, 0.3) is 0 Å². The molecule has 2 aromatic carbocycles. The van der Waals surface area contributed by atoms with E-state index in [0.29, 0.717) is 0 Å². The number of fused-ring (bicyclic) bond motifs is 1. The predicted molar refractivity (Wildman–Crippen MR) is 85.4 cm³/mol.